The number of halogens is 4. The fourth-order valence-electron chi connectivity index (χ4n) is 1.58. The molecule has 1 aromatic rings. The maximum absolute atomic E-state index is 13.4. The van der Waals surface area contributed by atoms with Crippen LogP contribution in [0.5, 0.6) is 5.75 Å². The molecule has 0 aliphatic heterocycles. The van der Waals surface area contributed by atoms with Gasteiger partial charge in [-0.25, -0.2) is 4.39 Å². The van der Waals surface area contributed by atoms with Crippen LogP contribution in [0.15, 0.2) is 18.2 Å². The van der Waals surface area contributed by atoms with Gasteiger partial charge in [-0.3, -0.25) is 0 Å². The summed E-state index contributed by atoms with van der Waals surface area (Å²) in [5, 5.41) is 22.1. The molecule has 0 amide bonds. The van der Waals surface area contributed by atoms with E-state index in [9.17, 15) is 27.8 Å². The van der Waals surface area contributed by atoms with Gasteiger partial charge in [-0.15, -0.1) is 13.2 Å². The lowest BCUT2D eigenvalue weighted by molar-refractivity contribution is -0.275. The zero-order valence-electron chi connectivity index (χ0n) is 10.6. The summed E-state index contributed by atoms with van der Waals surface area (Å²) in [6.45, 7) is 0.427. The number of alkyl halides is 3. The predicted octanol–water partition coefficient (Wildman–Crippen LogP) is 1.73. The van der Waals surface area contributed by atoms with E-state index in [1.807, 2.05) is 0 Å². The van der Waals surface area contributed by atoms with Gasteiger partial charge in [0.05, 0.1) is 6.10 Å². The Morgan fingerprint density at radius 3 is 2.45 bits per heavy atom. The Balaban J connectivity index is 2.81. The third kappa shape index (κ3) is 4.95. The summed E-state index contributed by atoms with van der Waals surface area (Å²) < 4.78 is 52.8. The highest BCUT2D eigenvalue weighted by molar-refractivity contribution is 5.31. The largest absolute Gasteiger partial charge is 0.573 e. The summed E-state index contributed by atoms with van der Waals surface area (Å²) in [6.07, 6.45) is -7.33. The molecule has 1 rings (SSSR count). The molecular weight excluding hydrogens is 282 g/mol. The van der Waals surface area contributed by atoms with E-state index in [2.05, 4.69) is 10.1 Å². The van der Waals surface area contributed by atoms with E-state index in [1.54, 1.807) is 7.05 Å². The monoisotopic (exact) mass is 297 g/mol. The zero-order valence-corrected chi connectivity index (χ0v) is 10.6. The van der Waals surface area contributed by atoms with Gasteiger partial charge in [0.15, 0.2) is 11.6 Å². The minimum atomic E-state index is -4.99. The quantitative estimate of drug-likeness (QED) is 0.700. The topological polar surface area (TPSA) is 61.7 Å². The first-order valence-electron chi connectivity index (χ1n) is 5.80. The van der Waals surface area contributed by atoms with Crippen LogP contribution in [0.3, 0.4) is 0 Å². The van der Waals surface area contributed by atoms with Gasteiger partial charge in [0.2, 0.25) is 0 Å². The van der Waals surface area contributed by atoms with Gasteiger partial charge in [-0.2, -0.15) is 0 Å². The molecular formula is C12H15F4NO3. The first kappa shape index (κ1) is 16.7. The van der Waals surface area contributed by atoms with Crippen LogP contribution >= 0.6 is 0 Å². The fourth-order valence-corrected chi connectivity index (χ4v) is 1.58. The minimum absolute atomic E-state index is 0.0272. The van der Waals surface area contributed by atoms with Gasteiger partial charge in [0, 0.05) is 0 Å². The highest BCUT2D eigenvalue weighted by Gasteiger charge is 2.32. The minimum Gasteiger partial charge on any atom is -0.403 e. The Kier molecular flexibility index (Phi) is 5.73. The van der Waals surface area contributed by atoms with Crippen LogP contribution in [0.2, 0.25) is 0 Å². The van der Waals surface area contributed by atoms with Crippen LogP contribution in [0, 0.1) is 5.82 Å². The summed E-state index contributed by atoms with van der Waals surface area (Å²) in [5.74, 6) is -2.25. The molecule has 2 unspecified atom stereocenters. The number of ether oxygens (including phenoxy) is 1. The Morgan fingerprint density at radius 2 is 1.95 bits per heavy atom. The molecule has 4 nitrogen and oxygen atoms in total. The third-order valence-electron chi connectivity index (χ3n) is 2.58. The van der Waals surface area contributed by atoms with Crippen LogP contribution < -0.4 is 10.1 Å². The second-order valence-corrected chi connectivity index (χ2v) is 4.14. The predicted molar refractivity (Wildman–Crippen MR) is 62.6 cm³/mol. The van der Waals surface area contributed by atoms with Gasteiger partial charge in [0.25, 0.3) is 0 Å². The van der Waals surface area contributed by atoms with Crippen molar-refractivity contribution in [3.8, 4) is 5.75 Å². The number of hydrogen-bond acceptors (Lipinski definition) is 4. The smallest absolute Gasteiger partial charge is 0.403 e. The maximum atomic E-state index is 13.4. The molecule has 0 saturated heterocycles. The van der Waals surface area contributed by atoms with Gasteiger partial charge >= 0.3 is 6.36 Å². The van der Waals surface area contributed by atoms with Crippen molar-refractivity contribution in [3.63, 3.8) is 0 Å². The normalized spacial score (nSPS) is 14.9. The molecule has 2 atom stereocenters. The summed E-state index contributed by atoms with van der Waals surface area (Å²) >= 11 is 0. The molecule has 0 heterocycles. The highest BCUT2D eigenvalue weighted by atomic mass is 19.4. The molecule has 0 bridgehead atoms. The molecule has 1 aromatic carbocycles. The van der Waals surface area contributed by atoms with E-state index in [4.69, 9.17) is 0 Å². The molecule has 0 aliphatic carbocycles. The van der Waals surface area contributed by atoms with Gasteiger partial charge in [0.1, 0.15) is 6.10 Å². The van der Waals surface area contributed by atoms with E-state index in [0.29, 0.717) is 12.6 Å². The zero-order chi connectivity index (χ0) is 15.3. The average molecular weight is 297 g/mol. The lowest BCUT2D eigenvalue weighted by Crippen LogP contribution is -2.23. The average Bonchev–Trinajstić information content (AvgIpc) is 2.36. The molecule has 114 valence electrons. The van der Waals surface area contributed by atoms with Crippen LogP contribution in [-0.4, -0.2) is 36.3 Å². The first-order valence-corrected chi connectivity index (χ1v) is 5.80. The molecule has 0 aromatic heterocycles. The Hall–Kier alpha value is -1.38. The van der Waals surface area contributed by atoms with Crippen LogP contribution in [0.1, 0.15) is 18.1 Å². The summed E-state index contributed by atoms with van der Waals surface area (Å²) in [6, 6.07) is 2.53. The molecule has 0 radical (unpaired) electrons. The maximum Gasteiger partial charge on any atom is 0.573 e. The van der Waals surface area contributed by atoms with E-state index in [1.165, 1.54) is 0 Å². The highest BCUT2D eigenvalue weighted by Crippen LogP contribution is 2.28. The van der Waals surface area contributed by atoms with Crippen LogP contribution in [0.4, 0.5) is 17.6 Å². The summed E-state index contributed by atoms with van der Waals surface area (Å²) in [5.41, 5.74) is -0.0272. The first-order chi connectivity index (χ1) is 9.24. The fraction of sp³-hybridized carbons (Fsp3) is 0.500. The van der Waals surface area contributed by atoms with Gasteiger partial charge in [-0.05, 0) is 37.7 Å². The van der Waals surface area contributed by atoms with Crippen molar-refractivity contribution >= 4 is 0 Å². The molecule has 0 aliphatic rings. The van der Waals surface area contributed by atoms with E-state index in [-0.39, 0.29) is 12.0 Å². The SMILES string of the molecule is CNCCC(O)C(O)c1ccc(OC(F)(F)F)c(F)c1. The van der Waals surface area contributed by atoms with Crippen molar-refractivity contribution in [2.75, 3.05) is 13.6 Å². The Labute approximate surface area is 113 Å². The third-order valence-corrected chi connectivity index (χ3v) is 2.58. The van der Waals surface area contributed by atoms with Crippen molar-refractivity contribution in [2.24, 2.45) is 0 Å². The van der Waals surface area contributed by atoms with Crippen molar-refractivity contribution in [3.05, 3.63) is 29.6 Å². The second-order valence-electron chi connectivity index (χ2n) is 4.14. The van der Waals surface area contributed by atoms with Crippen molar-refractivity contribution in [1.82, 2.24) is 5.32 Å². The number of nitrogens with one attached hydrogen (secondary N) is 1. The number of rotatable bonds is 6. The number of aliphatic hydroxyl groups is 2. The standard InChI is InChI=1S/C12H15F4NO3/c1-17-5-4-9(18)11(19)7-2-3-10(8(13)6-7)20-12(14,15)16/h2-3,6,9,11,17-19H,4-5H2,1H3. The molecule has 0 saturated carbocycles. The van der Waals surface area contributed by atoms with Crippen molar-refractivity contribution in [1.29, 1.82) is 0 Å². The van der Waals surface area contributed by atoms with E-state index < -0.39 is 30.1 Å². The summed E-state index contributed by atoms with van der Waals surface area (Å²) in [7, 11) is 1.65. The molecule has 20 heavy (non-hydrogen) atoms. The van der Waals surface area contributed by atoms with Crippen molar-refractivity contribution in [2.45, 2.75) is 25.0 Å². The molecule has 0 spiro atoms. The van der Waals surface area contributed by atoms with Crippen LogP contribution in [-0.2, 0) is 0 Å². The van der Waals surface area contributed by atoms with Crippen molar-refractivity contribution < 1.29 is 32.5 Å². The summed E-state index contributed by atoms with van der Waals surface area (Å²) in [4.78, 5) is 0. The molecule has 8 heteroatoms. The van der Waals surface area contributed by atoms with E-state index in [0.717, 1.165) is 12.1 Å². The molecule has 0 fully saturated rings. The number of hydrogen-bond donors (Lipinski definition) is 3. The van der Waals surface area contributed by atoms with Gasteiger partial charge < -0.3 is 20.3 Å². The van der Waals surface area contributed by atoms with E-state index >= 15 is 0 Å². The lowest BCUT2D eigenvalue weighted by atomic mass is 10.0. The molecule has 3 N–H and O–H groups in total. The number of aliphatic hydroxyl groups excluding tert-OH is 2. The lowest BCUT2D eigenvalue weighted by Gasteiger charge is -2.19. The second kappa shape index (κ2) is 6.87. The Morgan fingerprint density at radius 1 is 1.30 bits per heavy atom. The van der Waals surface area contributed by atoms with Crippen LogP contribution in [0.25, 0.3) is 0 Å². The Bertz CT molecular complexity index is 439. The van der Waals surface area contributed by atoms with Gasteiger partial charge in [-0.1, -0.05) is 6.07 Å². The number of benzene rings is 1.